The van der Waals surface area contributed by atoms with Crippen molar-refractivity contribution in [3.05, 3.63) is 36.4 Å². The molecule has 3 rings (SSSR count). The molecule has 5 heteroatoms. The van der Waals surface area contributed by atoms with Gasteiger partial charge in [0.25, 0.3) is 0 Å². The van der Waals surface area contributed by atoms with Crippen molar-refractivity contribution in [1.82, 2.24) is 0 Å². The van der Waals surface area contributed by atoms with E-state index < -0.39 is 17.8 Å². The van der Waals surface area contributed by atoms with Crippen LogP contribution < -0.4 is 10.1 Å². The van der Waals surface area contributed by atoms with Crippen LogP contribution in [0, 0.1) is 23.7 Å². The first kappa shape index (κ1) is 13.7. The highest BCUT2D eigenvalue weighted by Gasteiger charge is 2.51. The minimum atomic E-state index is -0.887. The summed E-state index contributed by atoms with van der Waals surface area (Å²) in [5.41, 5.74) is 0.650. The molecule has 2 unspecified atom stereocenters. The maximum Gasteiger partial charge on any atom is 0.307 e. The monoisotopic (exact) mass is 287 g/mol. The summed E-state index contributed by atoms with van der Waals surface area (Å²) in [5, 5.41) is 12.2. The van der Waals surface area contributed by atoms with Gasteiger partial charge in [-0.15, -0.1) is 0 Å². The van der Waals surface area contributed by atoms with Gasteiger partial charge in [-0.25, -0.2) is 0 Å². The van der Waals surface area contributed by atoms with Crippen molar-refractivity contribution in [1.29, 1.82) is 0 Å². The first-order valence-electron chi connectivity index (χ1n) is 6.96. The molecular formula is C16H17NO4. The number of ether oxygens (including phenoxy) is 1. The number of amides is 1. The maximum absolute atomic E-state index is 12.4. The number of carbonyl (C=O) groups excluding carboxylic acids is 1. The molecule has 0 heterocycles. The van der Waals surface area contributed by atoms with Crippen LogP contribution in [0.4, 0.5) is 5.69 Å². The third kappa shape index (κ3) is 2.39. The number of carbonyl (C=O) groups is 2. The normalized spacial score (nSPS) is 29.4. The zero-order chi connectivity index (χ0) is 15.0. The molecule has 2 aliphatic rings. The Balaban J connectivity index is 1.75. The number of benzene rings is 1. The second-order valence-corrected chi connectivity index (χ2v) is 5.56. The number of hydrogen-bond acceptors (Lipinski definition) is 3. The van der Waals surface area contributed by atoms with E-state index in [4.69, 9.17) is 4.74 Å². The van der Waals surface area contributed by atoms with E-state index in [0.717, 1.165) is 6.42 Å². The molecule has 1 amide bonds. The average molecular weight is 287 g/mol. The molecule has 4 atom stereocenters. The van der Waals surface area contributed by atoms with Crippen LogP contribution in [0.15, 0.2) is 36.4 Å². The number of fused-ring (bicyclic) bond motifs is 2. The van der Waals surface area contributed by atoms with Crippen LogP contribution in [0.1, 0.15) is 6.42 Å². The molecule has 2 bridgehead atoms. The van der Waals surface area contributed by atoms with Crippen molar-refractivity contribution >= 4 is 17.6 Å². The number of hydrogen-bond donors (Lipinski definition) is 2. The van der Waals surface area contributed by atoms with E-state index in [1.165, 1.54) is 0 Å². The molecule has 2 aliphatic carbocycles. The van der Waals surface area contributed by atoms with Crippen LogP contribution >= 0.6 is 0 Å². The molecule has 0 spiro atoms. The van der Waals surface area contributed by atoms with E-state index in [2.05, 4.69) is 5.32 Å². The average Bonchev–Trinajstić information content (AvgIpc) is 3.08. The van der Waals surface area contributed by atoms with E-state index >= 15 is 0 Å². The highest BCUT2D eigenvalue weighted by atomic mass is 16.5. The minimum Gasteiger partial charge on any atom is -0.497 e. The summed E-state index contributed by atoms with van der Waals surface area (Å²) in [4.78, 5) is 23.8. The van der Waals surface area contributed by atoms with Gasteiger partial charge in [0.15, 0.2) is 0 Å². The molecule has 2 N–H and O–H groups in total. The lowest BCUT2D eigenvalue weighted by atomic mass is 9.82. The zero-order valence-electron chi connectivity index (χ0n) is 11.7. The molecule has 21 heavy (non-hydrogen) atoms. The SMILES string of the molecule is COc1ccc(NC(=O)C2C(C(=O)O)[C@@H]3C=C[C@H]2C3)cc1. The summed E-state index contributed by atoms with van der Waals surface area (Å²) < 4.78 is 5.06. The van der Waals surface area contributed by atoms with Crippen molar-refractivity contribution in [2.75, 3.05) is 12.4 Å². The number of allylic oxidation sites excluding steroid dienone is 2. The van der Waals surface area contributed by atoms with Crippen LogP contribution in [0.3, 0.4) is 0 Å². The number of carboxylic acid groups (broad SMARTS) is 1. The summed E-state index contributed by atoms with van der Waals surface area (Å²) in [6.07, 6.45) is 4.67. The number of methoxy groups -OCH3 is 1. The standard InChI is InChI=1S/C16H17NO4/c1-21-12-6-4-11(5-7-12)17-15(18)13-9-2-3-10(8-9)14(13)16(19)20/h2-7,9-10,13-14H,8H2,1H3,(H,17,18)(H,19,20)/t9-,10+,13?,14?/m0/s1. The second kappa shape index (κ2) is 5.24. The predicted molar refractivity (Wildman–Crippen MR) is 77.0 cm³/mol. The molecule has 110 valence electrons. The highest BCUT2D eigenvalue weighted by Crippen LogP contribution is 2.48. The first-order valence-corrected chi connectivity index (χ1v) is 6.96. The molecule has 0 aliphatic heterocycles. The lowest BCUT2D eigenvalue weighted by Gasteiger charge is -2.23. The third-order valence-electron chi connectivity index (χ3n) is 4.40. The predicted octanol–water partition coefficient (Wildman–Crippen LogP) is 2.16. The van der Waals surface area contributed by atoms with E-state index in [1.807, 2.05) is 12.2 Å². The Hall–Kier alpha value is -2.30. The van der Waals surface area contributed by atoms with Crippen molar-refractivity contribution in [3.63, 3.8) is 0 Å². The van der Waals surface area contributed by atoms with E-state index in [9.17, 15) is 14.7 Å². The Morgan fingerprint density at radius 2 is 1.76 bits per heavy atom. The molecule has 1 aromatic rings. The molecule has 1 aromatic carbocycles. The second-order valence-electron chi connectivity index (χ2n) is 5.56. The summed E-state index contributed by atoms with van der Waals surface area (Å²) in [7, 11) is 1.58. The Labute approximate surface area is 122 Å². The third-order valence-corrected chi connectivity index (χ3v) is 4.40. The fourth-order valence-corrected chi connectivity index (χ4v) is 3.42. The highest BCUT2D eigenvalue weighted by molar-refractivity contribution is 5.96. The number of rotatable bonds is 4. The van der Waals surface area contributed by atoms with Gasteiger partial charge in [-0.2, -0.15) is 0 Å². The van der Waals surface area contributed by atoms with Gasteiger partial charge in [0, 0.05) is 5.69 Å². The van der Waals surface area contributed by atoms with Gasteiger partial charge in [-0.1, -0.05) is 12.2 Å². The number of anilines is 1. The summed E-state index contributed by atoms with van der Waals surface area (Å²) >= 11 is 0. The van der Waals surface area contributed by atoms with Crippen LogP contribution in [0.2, 0.25) is 0 Å². The van der Waals surface area contributed by atoms with Gasteiger partial charge in [-0.3, -0.25) is 9.59 Å². The largest absolute Gasteiger partial charge is 0.497 e. The van der Waals surface area contributed by atoms with Crippen LogP contribution in [-0.4, -0.2) is 24.1 Å². The van der Waals surface area contributed by atoms with Crippen molar-refractivity contribution in [2.45, 2.75) is 6.42 Å². The first-order chi connectivity index (χ1) is 10.1. The Morgan fingerprint density at radius 1 is 1.14 bits per heavy atom. The zero-order valence-corrected chi connectivity index (χ0v) is 11.7. The minimum absolute atomic E-state index is 0.0147. The Morgan fingerprint density at radius 3 is 2.33 bits per heavy atom. The maximum atomic E-state index is 12.4. The molecule has 1 fully saturated rings. The number of aliphatic carboxylic acids is 1. The van der Waals surface area contributed by atoms with Gasteiger partial charge in [0.2, 0.25) is 5.91 Å². The Bertz CT molecular complexity index is 593. The molecule has 0 aromatic heterocycles. The molecule has 0 saturated heterocycles. The van der Waals surface area contributed by atoms with Gasteiger partial charge in [0.05, 0.1) is 18.9 Å². The van der Waals surface area contributed by atoms with Gasteiger partial charge in [0.1, 0.15) is 5.75 Å². The molecule has 0 radical (unpaired) electrons. The molecule has 5 nitrogen and oxygen atoms in total. The number of nitrogens with one attached hydrogen (secondary N) is 1. The van der Waals surface area contributed by atoms with Crippen molar-refractivity contribution in [3.8, 4) is 5.75 Å². The summed E-state index contributed by atoms with van der Waals surface area (Å²) in [6.45, 7) is 0. The molecule has 1 saturated carbocycles. The lowest BCUT2D eigenvalue weighted by molar-refractivity contribution is -0.146. The Kier molecular flexibility index (Phi) is 3.41. The lowest BCUT2D eigenvalue weighted by Crippen LogP contribution is -2.36. The van der Waals surface area contributed by atoms with Crippen LogP contribution in [0.5, 0.6) is 5.75 Å². The summed E-state index contributed by atoms with van der Waals surface area (Å²) in [6, 6.07) is 7.00. The quantitative estimate of drug-likeness (QED) is 0.832. The van der Waals surface area contributed by atoms with Crippen LogP contribution in [0.25, 0.3) is 0 Å². The van der Waals surface area contributed by atoms with Gasteiger partial charge < -0.3 is 15.2 Å². The van der Waals surface area contributed by atoms with Gasteiger partial charge >= 0.3 is 5.97 Å². The molecular weight excluding hydrogens is 270 g/mol. The van der Waals surface area contributed by atoms with Crippen molar-refractivity contribution in [2.24, 2.45) is 23.7 Å². The van der Waals surface area contributed by atoms with Crippen LogP contribution in [-0.2, 0) is 9.59 Å². The summed E-state index contributed by atoms with van der Waals surface area (Å²) in [5.74, 6) is -1.48. The van der Waals surface area contributed by atoms with E-state index in [-0.39, 0.29) is 17.7 Å². The van der Waals surface area contributed by atoms with E-state index in [0.29, 0.717) is 11.4 Å². The van der Waals surface area contributed by atoms with E-state index in [1.54, 1.807) is 31.4 Å². The smallest absolute Gasteiger partial charge is 0.307 e. The topological polar surface area (TPSA) is 75.6 Å². The van der Waals surface area contributed by atoms with Crippen molar-refractivity contribution < 1.29 is 19.4 Å². The van der Waals surface area contributed by atoms with Gasteiger partial charge in [-0.05, 0) is 42.5 Å². The fraction of sp³-hybridized carbons (Fsp3) is 0.375. The fourth-order valence-electron chi connectivity index (χ4n) is 3.42. The number of carboxylic acids is 1.